The number of fused-ring (bicyclic) bond motifs is 2. The van der Waals surface area contributed by atoms with E-state index in [1.54, 1.807) is 6.07 Å². The Labute approximate surface area is 162 Å². The van der Waals surface area contributed by atoms with E-state index in [1.165, 1.54) is 11.9 Å². The predicted octanol–water partition coefficient (Wildman–Crippen LogP) is 1.97. The highest BCUT2D eigenvalue weighted by atomic mass is 16.6. The molecule has 144 valence electrons. The number of carbonyl (C=O) groups excluding carboxylic acids is 2. The van der Waals surface area contributed by atoms with E-state index < -0.39 is 18.4 Å². The number of alkyl carbamates (subject to hydrolysis) is 1. The molecule has 1 atom stereocenters. The molecule has 0 fully saturated rings. The van der Waals surface area contributed by atoms with Gasteiger partial charge in [0.25, 0.3) is 0 Å². The molecule has 2 bridgehead atoms. The lowest BCUT2D eigenvalue weighted by molar-refractivity contribution is 0.0547. The van der Waals surface area contributed by atoms with E-state index in [4.69, 9.17) is 4.74 Å². The molecule has 28 heavy (non-hydrogen) atoms. The van der Waals surface area contributed by atoms with Crippen molar-refractivity contribution in [3.63, 3.8) is 0 Å². The quantitative estimate of drug-likeness (QED) is 0.699. The third-order valence-corrected chi connectivity index (χ3v) is 4.52. The van der Waals surface area contributed by atoms with Crippen molar-refractivity contribution in [3.8, 4) is 17.2 Å². The van der Waals surface area contributed by atoms with E-state index in [-0.39, 0.29) is 6.61 Å². The maximum absolute atomic E-state index is 12.5. The minimum absolute atomic E-state index is 0.297. The molecule has 0 radical (unpaired) electrons. The monoisotopic (exact) mass is 380 g/mol. The van der Waals surface area contributed by atoms with Gasteiger partial charge in [0, 0.05) is 6.54 Å². The van der Waals surface area contributed by atoms with E-state index in [1.807, 2.05) is 36.4 Å². The standard InChI is InChI=1S/C20H20N4O4/c1-22-18(25)12-28-20(27)23-19(26)24-10-9-15-14(13-5-3-2-4-6-13)7-8-17(24)16(15)11-21/h2-8,18,22,25H,9-10,12H2,1H3,(H,23,26,27). The molecular weight excluding hydrogens is 360 g/mol. The highest BCUT2D eigenvalue weighted by Crippen LogP contribution is 2.36. The number of nitrogens with one attached hydrogen (secondary N) is 2. The second kappa shape index (κ2) is 8.52. The van der Waals surface area contributed by atoms with Gasteiger partial charge in [-0.05, 0) is 36.2 Å². The van der Waals surface area contributed by atoms with Crippen LogP contribution in [0.1, 0.15) is 11.1 Å². The zero-order chi connectivity index (χ0) is 20.1. The summed E-state index contributed by atoms with van der Waals surface area (Å²) in [6.07, 6.45) is -1.50. The number of hydrogen-bond acceptors (Lipinski definition) is 6. The molecule has 0 spiro atoms. The van der Waals surface area contributed by atoms with Crippen LogP contribution in [0.15, 0.2) is 42.5 Å². The average molecular weight is 380 g/mol. The van der Waals surface area contributed by atoms with Crippen LogP contribution in [-0.4, -0.2) is 43.7 Å². The topological polar surface area (TPSA) is 115 Å². The van der Waals surface area contributed by atoms with Crippen molar-refractivity contribution in [2.75, 3.05) is 25.1 Å². The van der Waals surface area contributed by atoms with E-state index in [9.17, 15) is 20.0 Å². The third-order valence-electron chi connectivity index (χ3n) is 4.52. The highest BCUT2D eigenvalue weighted by molar-refractivity contribution is 6.02. The van der Waals surface area contributed by atoms with Crippen molar-refractivity contribution < 1.29 is 19.4 Å². The highest BCUT2D eigenvalue weighted by Gasteiger charge is 2.28. The summed E-state index contributed by atoms with van der Waals surface area (Å²) in [5, 5.41) is 23.6. The summed E-state index contributed by atoms with van der Waals surface area (Å²) < 4.78 is 4.77. The number of urea groups is 1. The molecule has 3 N–H and O–H groups in total. The van der Waals surface area contributed by atoms with Gasteiger partial charge >= 0.3 is 12.1 Å². The van der Waals surface area contributed by atoms with Crippen LogP contribution in [0.4, 0.5) is 15.3 Å². The molecule has 3 rings (SSSR count). The summed E-state index contributed by atoms with van der Waals surface area (Å²) in [6.45, 7) is 0.0315. The van der Waals surface area contributed by atoms with Crippen LogP contribution in [0.3, 0.4) is 0 Å². The molecular formula is C20H20N4O4. The van der Waals surface area contributed by atoms with Crippen LogP contribution in [-0.2, 0) is 11.2 Å². The Bertz CT molecular complexity index is 924. The number of amides is 3. The Morgan fingerprint density at radius 2 is 2.04 bits per heavy atom. The predicted molar refractivity (Wildman–Crippen MR) is 103 cm³/mol. The number of aliphatic hydroxyl groups is 1. The van der Waals surface area contributed by atoms with Gasteiger partial charge in [0.1, 0.15) is 18.9 Å². The van der Waals surface area contributed by atoms with Crippen molar-refractivity contribution in [3.05, 3.63) is 53.6 Å². The van der Waals surface area contributed by atoms with Crippen LogP contribution in [0.25, 0.3) is 11.1 Å². The average Bonchev–Trinajstić information content (AvgIpc) is 2.72. The number of likely N-dealkylation sites (N-methyl/N-ethyl adjacent to an activating group) is 1. The van der Waals surface area contributed by atoms with Crippen LogP contribution >= 0.6 is 0 Å². The fraction of sp³-hybridized carbons (Fsp3) is 0.250. The van der Waals surface area contributed by atoms with E-state index in [2.05, 4.69) is 16.7 Å². The van der Waals surface area contributed by atoms with Crippen molar-refractivity contribution in [1.82, 2.24) is 10.6 Å². The lowest BCUT2D eigenvalue weighted by Gasteiger charge is -2.30. The number of anilines is 1. The lowest BCUT2D eigenvalue weighted by atomic mass is 9.89. The van der Waals surface area contributed by atoms with Gasteiger partial charge in [-0.25, -0.2) is 14.9 Å². The molecule has 1 heterocycles. The summed E-state index contributed by atoms with van der Waals surface area (Å²) in [5.41, 5.74) is 3.72. The van der Waals surface area contributed by atoms with Crippen molar-refractivity contribution in [2.45, 2.75) is 12.6 Å². The maximum Gasteiger partial charge on any atom is 0.415 e. The van der Waals surface area contributed by atoms with Gasteiger partial charge in [-0.3, -0.25) is 10.2 Å². The minimum atomic E-state index is -1.02. The molecule has 0 aromatic heterocycles. The SMILES string of the molecule is CNC(O)COC(=O)NC(=O)N1CCc2c(-c3ccccc3)ccc1c2C#N. The molecule has 0 saturated carbocycles. The maximum atomic E-state index is 12.5. The fourth-order valence-corrected chi connectivity index (χ4v) is 3.12. The molecule has 3 amide bonds. The molecule has 1 unspecified atom stereocenters. The number of hydrogen-bond donors (Lipinski definition) is 3. The molecule has 1 aliphatic rings. The Balaban J connectivity index is 1.80. The van der Waals surface area contributed by atoms with Crippen LogP contribution in [0.5, 0.6) is 0 Å². The number of rotatable bonds is 4. The number of imide groups is 1. The summed E-state index contributed by atoms with van der Waals surface area (Å²) in [6, 6.07) is 14.8. The first-order valence-electron chi connectivity index (χ1n) is 8.77. The molecule has 2 aromatic carbocycles. The smallest absolute Gasteiger partial charge is 0.415 e. The summed E-state index contributed by atoms with van der Waals surface area (Å²) in [5.74, 6) is 0. The number of benzene rings is 2. The Morgan fingerprint density at radius 1 is 1.29 bits per heavy atom. The zero-order valence-corrected chi connectivity index (χ0v) is 15.3. The second-order valence-corrected chi connectivity index (χ2v) is 6.20. The number of nitrogens with zero attached hydrogens (tertiary/aromatic N) is 2. The van der Waals surface area contributed by atoms with Gasteiger partial charge in [0.15, 0.2) is 0 Å². The Morgan fingerprint density at radius 3 is 2.71 bits per heavy atom. The Kier molecular flexibility index (Phi) is 5.89. The lowest BCUT2D eigenvalue weighted by Crippen LogP contribution is -2.46. The number of aliphatic hydroxyl groups excluding tert-OH is 1. The molecule has 0 saturated heterocycles. The molecule has 2 aromatic rings. The first kappa shape index (κ1) is 19.4. The van der Waals surface area contributed by atoms with E-state index in [0.29, 0.717) is 24.2 Å². The van der Waals surface area contributed by atoms with Crippen molar-refractivity contribution >= 4 is 17.8 Å². The first-order valence-corrected chi connectivity index (χ1v) is 8.77. The van der Waals surface area contributed by atoms with Gasteiger partial charge in [-0.1, -0.05) is 36.4 Å². The third kappa shape index (κ3) is 3.96. The fourth-order valence-electron chi connectivity index (χ4n) is 3.12. The largest absolute Gasteiger partial charge is 0.445 e. The van der Waals surface area contributed by atoms with Gasteiger partial charge in [-0.15, -0.1) is 0 Å². The summed E-state index contributed by atoms with van der Waals surface area (Å²) >= 11 is 0. The van der Waals surface area contributed by atoms with Gasteiger partial charge in [-0.2, -0.15) is 5.26 Å². The Hall–Kier alpha value is -3.41. The van der Waals surface area contributed by atoms with Crippen LogP contribution < -0.4 is 15.5 Å². The molecule has 1 aliphatic heterocycles. The van der Waals surface area contributed by atoms with Gasteiger partial charge < -0.3 is 9.84 Å². The van der Waals surface area contributed by atoms with E-state index in [0.717, 1.165) is 16.7 Å². The molecule has 0 aliphatic carbocycles. The van der Waals surface area contributed by atoms with Crippen molar-refractivity contribution in [2.24, 2.45) is 0 Å². The minimum Gasteiger partial charge on any atom is -0.445 e. The normalized spacial score (nSPS) is 13.4. The second-order valence-electron chi connectivity index (χ2n) is 6.20. The van der Waals surface area contributed by atoms with E-state index >= 15 is 0 Å². The summed E-state index contributed by atoms with van der Waals surface area (Å²) in [4.78, 5) is 25.6. The van der Waals surface area contributed by atoms with Gasteiger partial charge in [0.05, 0.1) is 11.3 Å². The first-order chi connectivity index (χ1) is 13.5. The van der Waals surface area contributed by atoms with Crippen LogP contribution in [0, 0.1) is 11.3 Å². The number of nitriles is 1. The molecule has 8 heteroatoms. The van der Waals surface area contributed by atoms with Crippen molar-refractivity contribution in [1.29, 1.82) is 5.26 Å². The zero-order valence-electron chi connectivity index (χ0n) is 15.3. The summed E-state index contributed by atoms with van der Waals surface area (Å²) in [7, 11) is 1.50. The van der Waals surface area contributed by atoms with Crippen LogP contribution in [0.2, 0.25) is 0 Å². The number of ether oxygens (including phenoxy) is 1. The van der Waals surface area contributed by atoms with Gasteiger partial charge in [0.2, 0.25) is 0 Å². The number of carbonyl (C=O) groups is 2. The molecule has 8 nitrogen and oxygen atoms in total.